The smallest absolute Gasteiger partial charge is 0.222 e. The van der Waals surface area contributed by atoms with Crippen LogP contribution in [-0.4, -0.2) is 62.7 Å². The van der Waals surface area contributed by atoms with Crippen molar-refractivity contribution >= 4 is 0 Å². The van der Waals surface area contributed by atoms with Gasteiger partial charge in [0.15, 0.2) is 0 Å². The molecule has 8 heteroatoms. The minimum absolute atomic E-state index is 0.107. The Morgan fingerprint density at radius 2 is 1.71 bits per heavy atom. The zero-order valence-corrected chi connectivity index (χ0v) is 18.9. The molecule has 2 aliphatic rings. The SMILES string of the molecule is N#Cc1ccc([C@]2(O)O[C@H](CO)[C@@H](O)[C@H](O)[C@H]2O)cc1Cc1ccc(OC2CCCCC2)cc1. The molecular formula is C26H31NO7. The first-order valence-corrected chi connectivity index (χ1v) is 11.7. The first-order valence-electron chi connectivity index (χ1n) is 11.7. The molecule has 0 unspecified atom stereocenters. The molecule has 0 aromatic heterocycles. The average Bonchev–Trinajstić information content (AvgIpc) is 2.87. The molecule has 0 bridgehead atoms. The number of aliphatic hydroxyl groups is 5. The fraction of sp³-hybridized carbons (Fsp3) is 0.500. The van der Waals surface area contributed by atoms with Crippen molar-refractivity contribution in [1.29, 1.82) is 5.26 Å². The third-order valence-corrected chi connectivity index (χ3v) is 6.78. The van der Waals surface area contributed by atoms with E-state index in [2.05, 4.69) is 6.07 Å². The maximum Gasteiger partial charge on any atom is 0.222 e. The Morgan fingerprint density at radius 1 is 1.00 bits per heavy atom. The first kappa shape index (κ1) is 24.6. The van der Waals surface area contributed by atoms with E-state index in [1.54, 1.807) is 0 Å². The largest absolute Gasteiger partial charge is 0.490 e. The zero-order chi connectivity index (χ0) is 24.3. The Morgan fingerprint density at radius 3 is 2.35 bits per heavy atom. The van der Waals surface area contributed by atoms with Crippen molar-refractivity contribution in [2.24, 2.45) is 0 Å². The molecule has 1 saturated carbocycles. The molecule has 0 spiro atoms. The van der Waals surface area contributed by atoms with Gasteiger partial charge in [-0.05, 0) is 67.5 Å². The number of hydrogen-bond acceptors (Lipinski definition) is 8. The quantitative estimate of drug-likeness (QED) is 0.428. The number of nitriles is 1. The van der Waals surface area contributed by atoms with Gasteiger partial charge in [0.2, 0.25) is 5.79 Å². The Balaban J connectivity index is 1.55. The van der Waals surface area contributed by atoms with Crippen molar-refractivity contribution in [2.45, 2.75) is 74.8 Å². The topological polar surface area (TPSA) is 143 Å². The van der Waals surface area contributed by atoms with E-state index < -0.39 is 36.8 Å². The summed E-state index contributed by atoms with van der Waals surface area (Å²) in [5.74, 6) is -1.56. The molecule has 182 valence electrons. The summed E-state index contributed by atoms with van der Waals surface area (Å²) < 4.78 is 11.5. The molecule has 5 atom stereocenters. The normalized spacial score (nSPS) is 30.0. The van der Waals surface area contributed by atoms with E-state index >= 15 is 0 Å². The second kappa shape index (κ2) is 10.4. The lowest BCUT2D eigenvalue weighted by molar-refractivity contribution is -0.357. The van der Waals surface area contributed by atoms with Gasteiger partial charge in [0.05, 0.1) is 24.3 Å². The fourth-order valence-corrected chi connectivity index (χ4v) is 4.75. The van der Waals surface area contributed by atoms with Crippen molar-refractivity contribution in [3.05, 3.63) is 64.7 Å². The van der Waals surface area contributed by atoms with Crippen molar-refractivity contribution in [3.63, 3.8) is 0 Å². The fourth-order valence-electron chi connectivity index (χ4n) is 4.75. The van der Waals surface area contributed by atoms with Gasteiger partial charge in [-0.2, -0.15) is 5.26 Å². The monoisotopic (exact) mass is 469 g/mol. The predicted molar refractivity (Wildman–Crippen MR) is 122 cm³/mol. The number of hydrogen-bond donors (Lipinski definition) is 5. The van der Waals surface area contributed by atoms with E-state index in [0.717, 1.165) is 24.2 Å². The van der Waals surface area contributed by atoms with Gasteiger partial charge in [-0.3, -0.25) is 0 Å². The van der Waals surface area contributed by atoms with Crippen LogP contribution >= 0.6 is 0 Å². The molecule has 0 radical (unpaired) electrons. The van der Waals surface area contributed by atoms with Gasteiger partial charge in [-0.1, -0.05) is 24.6 Å². The second-order valence-corrected chi connectivity index (χ2v) is 9.14. The van der Waals surface area contributed by atoms with Gasteiger partial charge in [0.1, 0.15) is 30.2 Å². The maximum absolute atomic E-state index is 11.1. The summed E-state index contributed by atoms with van der Waals surface area (Å²) in [6, 6.07) is 14.3. The van der Waals surface area contributed by atoms with E-state index in [9.17, 15) is 30.8 Å². The lowest BCUT2D eigenvalue weighted by Gasteiger charge is -2.45. The number of benzene rings is 2. The van der Waals surface area contributed by atoms with E-state index in [4.69, 9.17) is 9.47 Å². The maximum atomic E-state index is 11.1. The highest BCUT2D eigenvalue weighted by Gasteiger charge is 2.53. The Labute approximate surface area is 198 Å². The van der Waals surface area contributed by atoms with Gasteiger partial charge in [0.25, 0.3) is 0 Å². The first-order chi connectivity index (χ1) is 16.4. The summed E-state index contributed by atoms with van der Waals surface area (Å²) in [5, 5.41) is 60.8. The van der Waals surface area contributed by atoms with Gasteiger partial charge >= 0.3 is 0 Å². The molecule has 1 heterocycles. The molecule has 5 N–H and O–H groups in total. The molecule has 1 aliphatic carbocycles. The highest BCUT2D eigenvalue weighted by molar-refractivity contribution is 5.45. The predicted octanol–water partition coefficient (Wildman–Crippen LogP) is 1.48. The van der Waals surface area contributed by atoms with Gasteiger partial charge in [-0.25, -0.2) is 0 Å². The van der Waals surface area contributed by atoms with Crippen LogP contribution in [0.2, 0.25) is 0 Å². The van der Waals surface area contributed by atoms with Crippen LogP contribution in [0.25, 0.3) is 0 Å². The second-order valence-electron chi connectivity index (χ2n) is 9.14. The van der Waals surface area contributed by atoms with Crippen molar-refractivity contribution in [3.8, 4) is 11.8 Å². The van der Waals surface area contributed by atoms with Crippen LogP contribution in [0.1, 0.15) is 54.4 Å². The highest BCUT2D eigenvalue weighted by Crippen LogP contribution is 2.37. The number of ether oxygens (including phenoxy) is 2. The number of nitrogens with zero attached hydrogens (tertiary/aromatic N) is 1. The highest BCUT2D eigenvalue weighted by atomic mass is 16.7. The van der Waals surface area contributed by atoms with Crippen LogP contribution in [-0.2, 0) is 16.9 Å². The zero-order valence-electron chi connectivity index (χ0n) is 18.9. The van der Waals surface area contributed by atoms with Crippen LogP contribution in [0.3, 0.4) is 0 Å². The summed E-state index contributed by atoms with van der Waals surface area (Å²) in [4.78, 5) is 0. The van der Waals surface area contributed by atoms with Crippen LogP contribution in [0.5, 0.6) is 5.75 Å². The molecule has 2 aromatic carbocycles. The van der Waals surface area contributed by atoms with Gasteiger partial charge < -0.3 is 35.0 Å². The van der Waals surface area contributed by atoms with Crippen LogP contribution in [0.4, 0.5) is 0 Å². The van der Waals surface area contributed by atoms with E-state index in [1.807, 2.05) is 24.3 Å². The van der Waals surface area contributed by atoms with E-state index in [0.29, 0.717) is 17.5 Å². The average molecular weight is 470 g/mol. The third-order valence-electron chi connectivity index (χ3n) is 6.78. The minimum atomic E-state index is -2.37. The molecule has 1 aliphatic heterocycles. The van der Waals surface area contributed by atoms with Crippen molar-refractivity contribution in [2.75, 3.05) is 6.61 Å². The minimum Gasteiger partial charge on any atom is -0.490 e. The number of rotatable bonds is 6. The molecule has 8 nitrogen and oxygen atoms in total. The summed E-state index contributed by atoms with van der Waals surface area (Å²) in [5.41, 5.74) is 2.01. The van der Waals surface area contributed by atoms with E-state index in [1.165, 1.54) is 37.5 Å². The van der Waals surface area contributed by atoms with Crippen molar-refractivity contribution < 1.29 is 35.0 Å². The molecule has 0 amide bonds. The third kappa shape index (κ3) is 4.96. The van der Waals surface area contributed by atoms with Crippen LogP contribution in [0.15, 0.2) is 42.5 Å². The van der Waals surface area contributed by atoms with Crippen LogP contribution < -0.4 is 4.74 Å². The lowest BCUT2D eigenvalue weighted by Crippen LogP contribution is -2.63. The Bertz CT molecular complexity index is 1010. The molecule has 34 heavy (non-hydrogen) atoms. The summed E-state index contributed by atoms with van der Waals surface area (Å²) in [6.45, 7) is -0.661. The standard InChI is InChI=1S/C26H31NO7/c27-14-17-8-9-19(26(32)25(31)24(30)23(29)22(15-28)34-26)13-18(17)12-16-6-10-21(11-7-16)33-20-4-2-1-3-5-20/h6-11,13,20,22-25,28-32H,1-5,12,15H2/t22-,23-,24+,25-,26+/m1/s1. The summed E-state index contributed by atoms with van der Waals surface area (Å²) in [7, 11) is 0. The Kier molecular flexibility index (Phi) is 7.53. The van der Waals surface area contributed by atoms with Crippen LogP contribution in [0, 0.1) is 11.3 Å². The van der Waals surface area contributed by atoms with Crippen molar-refractivity contribution in [1.82, 2.24) is 0 Å². The Hall–Kier alpha value is -2.51. The molecule has 4 rings (SSSR count). The van der Waals surface area contributed by atoms with E-state index in [-0.39, 0.29) is 11.7 Å². The summed E-state index contributed by atoms with van der Waals surface area (Å²) >= 11 is 0. The molecule has 2 aromatic rings. The molecule has 1 saturated heterocycles. The number of aliphatic hydroxyl groups excluding tert-OH is 4. The van der Waals surface area contributed by atoms with Gasteiger partial charge in [0, 0.05) is 5.56 Å². The summed E-state index contributed by atoms with van der Waals surface area (Å²) in [6.07, 6.45) is -0.0375. The molecular weight excluding hydrogens is 438 g/mol. The lowest BCUT2D eigenvalue weighted by atomic mass is 9.86. The van der Waals surface area contributed by atoms with Gasteiger partial charge in [-0.15, -0.1) is 0 Å². The molecule has 2 fully saturated rings.